The Kier molecular flexibility index (Phi) is 3.94. The van der Waals surface area contributed by atoms with E-state index >= 15 is 0 Å². The maximum Gasteiger partial charge on any atom is 0.240 e. The van der Waals surface area contributed by atoms with E-state index in [1.54, 1.807) is 10.7 Å². The van der Waals surface area contributed by atoms with Crippen LogP contribution in [-0.4, -0.2) is 24.8 Å². The van der Waals surface area contributed by atoms with Crippen molar-refractivity contribution in [1.82, 2.24) is 24.8 Å². The van der Waals surface area contributed by atoms with Crippen molar-refractivity contribution in [3.63, 3.8) is 0 Å². The fraction of sp³-hybridized carbons (Fsp3) is 0.0909. The second-order valence-corrected chi connectivity index (χ2v) is 6.53. The van der Waals surface area contributed by atoms with Crippen molar-refractivity contribution < 1.29 is 4.74 Å². The highest BCUT2D eigenvalue weighted by molar-refractivity contribution is 5.97. The molecule has 0 N–H and O–H groups in total. The van der Waals surface area contributed by atoms with E-state index in [0.717, 1.165) is 27.6 Å². The Balaban J connectivity index is 1.66. The smallest absolute Gasteiger partial charge is 0.240 e. The van der Waals surface area contributed by atoms with Gasteiger partial charge in [-0.05, 0) is 24.6 Å². The van der Waals surface area contributed by atoms with Crippen molar-refractivity contribution in [2.24, 2.45) is 0 Å². The van der Waals surface area contributed by atoms with Crippen molar-refractivity contribution >= 4 is 16.4 Å². The van der Waals surface area contributed by atoms with Gasteiger partial charge < -0.3 is 4.74 Å². The number of pyridine rings is 1. The molecular weight excluding hydrogens is 350 g/mol. The summed E-state index contributed by atoms with van der Waals surface area (Å²) < 4.78 is 7.85. The van der Waals surface area contributed by atoms with Crippen molar-refractivity contribution in [1.29, 1.82) is 0 Å². The average Bonchev–Trinajstić information content (AvgIpc) is 3.18. The number of rotatable bonds is 4. The number of fused-ring (bicyclic) bond motifs is 3. The van der Waals surface area contributed by atoms with Gasteiger partial charge in [-0.3, -0.25) is 4.98 Å². The monoisotopic (exact) mass is 367 g/mol. The van der Waals surface area contributed by atoms with Gasteiger partial charge in [0, 0.05) is 22.5 Å². The Hall–Kier alpha value is -3.80. The van der Waals surface area contributed by atoms with Gasteiger partial charge in [-0.2, -0.15) is 4.52 Å². The van der Waals surface area contributed by atoms with Gasteiger partial charge >= 0.3 is 0 Å². The van der Waals surface area contributed by atoms with Gasteiger partial charge in [0.05, 0.1) is 5.69 Å². The number of ether oxygens (including phenoxy) is 1. The minimum absolute atomic E-state index is 0.345. The zero-order valence-electron chi connectivity index (χ0n) is 15.3. The second kappa shape index (κ2) is 6.74. The Labute approximate surface area is 161 Å². The van der Waals surface area contributed by atoms with Crippen molar-refractivity contribution in [2.45, 2.75) is 13.5 Å². The van der Waals surface area contributed by atoms with Gasteiger partial charge in [0.25, 0.3) is 0 Å². The summed E-state index contributed by atoms with van der Waals surface area (Å²) >= 11 is 0. The predicted molar refractivity (Wildman–Crippen MR) is 107 cm³/mol. The van der Waals surface area contributed by atoms with E-state index in [1.807, 2.05) is 73.7 Å². The fourth-order valence-corrected chi connectivity index (χ4v) is 3.23. The lowest BCUT2D eigenvalue weighted by atomic mass is 10.2. The molecule has 0 saturated carbocycles. The van der Waals surface area contributed by atoms with E-state index in [2.05, 4.69) is 15.2 Å². The Morgan fingerprint density at radius 2 is 1.64 bits per heavy atom. The molecule has 0 saturated heterocycles. The zero-order chi connectivity index (χ0) is 18.9. The molecule has 0 unspecified atom stereocenters. The molecule has 0 radical (unpaired) electrons. The summed E-state index contributed by atoms with van der Waals surface area (Å²) in [4.78, 5) is 4.41. The first-order chi connectivity index (χ1) is 13.8. The molecule has 0 spiro atoms. The van der Waals surface area contributed by atoms with E-state index in [0.29, 0.717) is 24.0 Å². The lowest BCUT2D eigenvalue weighted by Gasteiger charge is -2.10. The van der Waals surface area contributed by atoms with Crippen LogP contribution in [-0.2, 0) is 6.61 Å². The van der Waals surface area contributed by atoms with Crippen LogP contribution in [0.1, 0.15) is 11.3 Å². The molecule has 3 aromatic heterocycles. The summed E-state index contributed by atoms with van der Waals surface area (Å²) in [6.45, 7) is 2.37. The molecule has 0 atom stereocenters. The van der Waals surface area contributed by atoms with E-state index < -0.39 is 0 Å². The first-order valence-electron chi connectivity index (χ1n) is 9.04. The topological polar surface area (TPSA) is 65.2 Å². The van der Waals surface area contributed by atoms with Crippen molar-refractivity contribution in [2.75, 3.05) is 0 Å². The lowest BCUT2D eigenvalue weighted by molar-refractivity contribution is 0.288. The Morgan fingerprint density at radius 3 is 2.46 bits per heavy atom. The normalized spacial score (nSPS) is 11.2. The second-order valence-electron chi connectivity index (χ2n) is 6.53. The molecule has 6 nitrogen and oxygen atoms in total. The van der Waals surface area contributed by atoms with Crippen LogP contribution < -0.4 is 4.74 Å². The molecular formula is C22H17N5O. The van der Waals surface area contributed by atoms with Gasteiger partial charge in [0.1, 0.15) is 6.61 Å². The molecule has 0 aliphatic heterocycles. The van der Waals surface area contributed by atoms with Crippen LogP contribution in [0.5, 0.6) is 5.88 Å². The minimum Gasteiger partial charge on any atom is -0.470 e. The van der Waals surface area contributed by atoms with Crippen LogP contribution in [0.3, 0.4) is 0 Å². The first-order valence-corrected chi connectivity index (χ1v) is 9.04. The molecule has 0 fully saturated rings. The molecule has 0 aliphatic carbocycles. The average molecular weight is 367 g/mol. The highest BCUT2D eigenvalue weighted by Crippen LogP contribution is 2.29. The first kappa shape index (κ1) is 16.4. The van der Waals surface area contributed by atoms with Crippen LogP contribution in [0.25, 0.3) is 27.8 Å². The number of aryl methyl sites for hydroxylation is 1. The number of hydrogen-bond acceptors (Lipinski definition) is 5. The molecule has 136 valence electrons. The predicted octanol–water partition coefficient (Wildman–Crippen LogP) is 4.23. The van der Waals surface area contributed by atoms with Gasteiger partial charge in [-0.25, -0.2) is 0 Å². The molecule has 6 heteroatoms. The van der Waals surface area contributed by atoms with Crippen molar-refractivity contribution in [3.05, 3.63) is 84.2 Å². The summed E-state index contributed by atoms with van der Waals surface area (Å²) in [6.07, 6.45) is 1.77. The number of aromatic nitrogens is 5. The molecule has 0 amide bonds. The Morgan fingerprint density at radius 1 is 0.857 bits per heavy atom. The van der Waals surface area contributed by atoms with E-state index in [-0.39, 0.29) is 0 Å². The SMILES string of the molecule is Cc1cccnc1COc1nn2c(-c3ccccc3)nnc2c2ccccc12. The zero-order valence-corrected chi connectivity index (χ0v) is 15.3. The standard InChI is InChI=1S/C22H17N5O/c1-15-8-7-13-23-19(15)14-28-22-18-12-6-5-11-17(18)21-25-24-20(27(21)26-22)16-9-3-2-4-10-16/h2-13H,14H2,1H3. The number of benzene rings is 2. The molecule has 0 aliphatic rings. The molecule has 28 heavy (non-hydrogen) atoms. The van der Waals surface area contributed by atoms with Crippen LogP contribution >= 0.6 is 0 Å². The highest BCUT2D eigenvalue weighted by Gasteiger charge is 2.16. The van der Waals surface area contributed by atoms with Crippen LogP contribution in [0.4, 0.5) is 0 Å². The summed E-state index contributed by atoms with van der Waals surface area (Å²) in [5.41, 5.74) is 3.63. The molecule has 5 aromatic rings. The number of hydrogen-bond donors (Lipinski definition) is 0. The lowest BCUT2D eigenvalue weighted by Crippen LogP contribution is -2.05. The van der Waals surface area contributed by atoms with Crippen LogP contribution in [0.15, 0.2) is 72.9 Å². The molecule has 2 aromatic carbocycles. The van der Waals surface area contributed by atoms with Gasteiger partial charge in [-0.15, -0.1) is 15.3 Å². The molecule has 3 heterocycles. The summed E-state index contributed by atoms with van der Waals surface area (Å²) in [7, 11) is 0. The van der Waals surface area contributed by atoms with E-state index in [9.17, 15) is 0 Å². The quantitative estimate of drug-likeness (QED) is 0.476. The third kappa shape index (κ3) is 2.75. The van der Waals surface area contributed by atoms with Gasteiger partial charge in [-0.1, -0.05) is 54.6 Å². The van der Waals surface area contributed by atoms with Crippen molar-refractivity contribution in [3.8, 4) is 17.3 Å². The number of nitrogens with zero attached hydrogens (tertiary/aromatic N) is 5. The summed E-state index contributed by atoms with van der Waals surface area (Å²) in [6, 6.07) is 21.8. The van der Waals surface area contributed by atoms with Gasteiger partial charge in [0.2, 0.25) is 5.88 Å². The van der Waals surface area contributed by atoms with Crippen LogP contribution in [0, 0.1) is 6.92 Å². The van der Waals surface area contributed by atoms with Gasteiger partial charge in [0.15, 0.2) is 11.5 Å². The maximum absolute atomic E-state index is 6.10. The summed E-state index contributed by atoms with van der Waals surface area (Å²) in [5.74, 6) is 1.21. The maximum atomic E-state index is 6.10. The molecule has 5 rings (SSSR count). The van der Waals surface area contributed by atoms with Crippen LogP contribution in [0.2, 0.25) is 0 Å². The third-order valence-electron chi connectivity index (χ3n) is 4.73. The largest absolute Gasteiger partial charge is 0.470 e. The van der Waals surface area contributed by atoms with E-state index in [1.165, 1.54) is 0 Å². The third-order valence-corrected chi connectivity index (χ3v) is 4.73. The highest BCUT2D eigenvalue weighted by atomic mass is 16.5. The summed E-state index contributed by atoms with van der Waals surface area (Å²) in [5, 5.41) is 15.3. The Bertz CT molecular complexity index is 1280. The fourth-order valence-electron chi connectivity index (χ4n) is 3.23. The van der Waals surface area contributed by atoms with E-state index in [4.69, 9.17) is 9.84 Å². The minimum atomic E-state index is 0.345. The molecule has 0 bridgehead atoms.